The van der Waals surface area contributed by atoms with Crippen LogP contribution in [0.1, 0.15) is 25.7 Å². The van der Waals surface area contributed by atoms with Crippen LogP contribution >= 0.6 is 0 Å². The van der Waals surface area contributed by atoms with E-state index < -0.39 is 5.60 Å². The number of hydrogen-bond acceptors (Lipinski definition) is 6. The summed E-state index contributed by atoms with van der Waals surface area (Å²) in [6.07, 6.45) is 2.34. The van der Waals surface area contributed by atoms with Gasteiger partial charge in [-0.25, -0.2) is 0 Å². The van der Waals surface area contributed by atoms with Crippen molar-refractivity contribution in [3.63, 3.8) is 0 Å². The lowest BCUT2D eigenvalue weighted by molar-refractivity contribution is 0.0434. The second-order valence-electron chi connectivity index (χ2n) is 4.54. The van der Waals surface area contributed by atoms with Crippen molar-refractivity contribution in [3.8, 4) is 0 Å². The van der Waals surface area contributed by atoms with Crippen LogP contribution in [0.4, 0.5) is 6.01 Å². The molecule has 1 unspecified atom stereocenters. The third-order valence-corrected chi connectivity index (χ3v) is 2.76. The minimum Gasteiger partial charge on any atom is -0.408 e. The van der Waals surface area contributed by atoms with E-state index in [0.717, 1.165) is 19.4 Å². The average molecular weight is 226 g/mol. The van der Waals surface area contributed by atoms with Crippen LogP contribution in [-0.4, -0.2) is 40.5 Å². The summed E-state index contributed by atoms with van der Waals surface area (Å²) in [7, 11) is 0. The lowest BCUT2D eigenvalue weighted by Gasteiger charge is -2.35. The molecule has 0 saturated carbocycles. The van der Waals surface area contributed by atoms with E-state index >= 15 is 0 Å². The van der Waals surface area contributed by atoms with E-state index in [1.807, 2.05) is 11.8 Å². The Morgan fingerprint density at radius 3 is 3.06 bits per heavy atom. The van der Waals surface area contributed by atoms with Crippen molar-refractivity contribution in [1.82, 2.24) is 10.2 Å². The normalized spacial score (nSPS) is 26.1. The van der Waals surface area contributed by atoms with Gasteiger partial charge in [-0.2, -0.15) is 0 Å². The molecule has 6 nitrogen and oxygen atoms in total. The molecular weight excluding hydrogens is 208 g/mol. The summed E-state index contributed by atoms with van der Waals surface area (Å²) in [6.45, 7) is 3.72. The Kier molecular flexibility index (Phi) is 3.11. The van der Waals surface area contributed by atoms with Gasteiger partial charge in [0.2, 0.25) is 5.89 Å². The molecule has 16 heavy (non-hydrogen) atoms. The van der Waals surface area contributed by atoms with Crippen LogP contribution in [0.25, 0.3) is 0 Å². The molecule has 0 bridgehead atoms. The molecule has 2 rings (SSSR count). The van der Waals surface area contributed by atoms with Gasteiger partial charge in [0, 0.05) is 19.5 Å². The standard InChI is InChI=1S/C10H18N4O2/c1-10(15)4-2-6-14(7-10)9-13-12-8(16-9)3-5-11/h15H,2-7,11H2,1H3. The van der Waals surface area contributed by atoms with E-state index in [-0.39, 0.29) is 0 Å². The molecule has 2 heterocycles. The van der Waals surface area contributed by atoms with Gasteiger partial charge in [-0.05, 0) is 19.8 Å². The fourth-order valence-corrected chi connectivity index (χ4v) is 1.98. The van der Waals surface area contributed by atoms with Crippen molar-refractivity contribution in [2.45, 2.75) is 31.8 Å². The van der Waals surface area contributed by atoms with Crippen LogP contribution in [0.15, 0.2) is 4.42 Å². The van der Waals surface area contributed by atoms with Crippen LogP contribution in [0.2, 0.25) is 0 Å². The Labute approximate surface area is 94.4 Å². The van der Waals surface area contributed by atoms with Gasteiger partial charge in [0.05, 0.1) is 12.1 Å². The van der Waals surface area contributed by atoms with Gasteiger partial charge >= 0.3 is 6.01 Å². The summed E-state index contributed by atoms with van der Waals surface area (Å²) in [5.41, 5.74) is 4.74. The fourth-order valence-electron chi connectivity index (χ4n) is 1.98. The maximum Gasteiger partial charge on any atom is 0.318 e. The summed E-state index contributed by atoms with van der Waals surface area (Å²) in [5, 5.41) is 17.8. The number of nitrogens with zero attached hydrogens (tertiary/aromatic N) is 3. The molecule has 0 radical (unpaired) electrons. The molecule has 1 atom stereocenters. The monoisotopic (exact) mass is 226 g/mol. The van der Waals surface area contributed by atoms with E-state index in [4.69, 9.17) is 10.2 Å². The molecule has 1 aromatic heterocycles. The molecule has 1 aliphatic heterocycles. The van der Waals surface area contributed by atoms with Gasteiger partial charge in [0.25, 0.3) is 0 Å². The van der Waals surface area contributed by atoms with Crippen molar-refractivity contribution in [3.05, 3.63) is 5.89 Å². The molecule has 0 aromatic carbocycles. The first-order chi connectivity index (χ1) is 7.61. The van der Waals surface area contributed by atoms with Gasteiger partial charge in [-0.3, -0.25) is 0 Å². The Hall–Kier alpha value is -1.14. The lowest BCUT2D eigenvalue weighted by Crippen LogP contribution is -2.46. The van der Waals surface area contributed by atoms with Crippen molar-refractivity contribution < 1.29 is 9.52 Å². The number of aliphatic hydroxyl groups is 1. The zero-order chi connectivity index (χ0) is 11.6. The predicted molar refractivity (Wildman–Crippen MR) is 59.1 cm³/mol. The first-order valence-corrected chi connectivity index (χ1v) is 5.60. The quantitative estimate of drug-likeness (QED) is 0.749. The van der Waals surface area contributed by atoms with E-state index in [1.54, 1.807) is 0 Å². The second kappa shape index (κ2) is 4.39. The van der Waals surface area contributed by atoms with Crippen molar-refractivity contribution in [1.29, 1.82) is 0 Å². The minimum atomic E-state index is -0.666. The molecule has 0 spiro atoms. The number of rotatable bonds is 3. The smallest absolute Gasteiger partial charge is 0.318 e. The van der Waals surface area contributed by atoms with E-state index in [2.05, 4.69) is 10.2 Å². The first-order valence-electron chi connectivity index (χ1n) is 5.60. The van der Waals surface area contributed by atoms with Crippen molar-refractivity contribution >= 4 is 6.01 Å². The average Bonchev–Trinajstić information content (AvgIpc) is 2.65. The largest absolute Gasteiger partial charge is 0.408 e. The van der Waals surface area contributed by atoms with Crippen LogP contribution in [-0.2, 0) is 6.42 Å². The highest BCUT2D eigenvalue weighted by Crippen LogP contribution is 2.24. The molecule has 1 aliphatic rings. The maximum atomic E-state index is 9.96. The Balaban J connectivity index is 2.05. The third-order valence-electron chi connectivity index (χ3n) is 2.76. The Morgan fingerprint density at radius 2 is 2.38 bits per heavy atom. The van der Waals surface area contributed by atoms with Crippen LogP contribution in [0.5, 0.6) is 0 Å². The molecule has 1 aromatic rings. The lowest BCUT2D eigenvalue weighted by atomic mass is 9.96. The Morgan fingerprint density at radius 1 is 1.56 bits per heavy atom. The molecule has 6 heteroatoms. The van der Waals surface area contributed by atoms with Gasteiger partial charge in [-0.15, -0.1) is 5.10 Å². The van der Waals surface area contributed by atoms with Gasteiger partial charge in [0.1, 0.15) is 0 Å². The highest BCUT2D eigenvalue weighted by Gasteiger charge is 2.30. The number of piperidine rings is 1. The molecule has 90 valence electrons. The number of anilines is 1. The highest BCUT2D eigenvalue weighted by atomic mass is 16.4. The molecule has 3 N–H and O–H groups in total. The molecule has 0 amide bonds. The number of hydrogen-bond donors (Lipinski definition) is 2. The van der Waals surface area contributed by atoms with Crippen LogP contribution in [0, 0.1) is 0 Å². The number of aromatic nitrogens is 2. The summed E-state index contributed by atoms with van der Waals surface area (Å²) < 4.78 is 5.47. The van der Waals surface area contributed by atoms with Crippen molar-refractivity contribution in [2.75, 3.05) is 24.5 Å². The topological polar surface area (TPSA) is 88.4 Å². The minimum absolute atomic E-state index is 0.489. The van der Waals surface area contributed by atoms with Crippen LogP contribution < -0.4 is 10.6 Å². The highest BCUT2D eigenvalue weighted by molar-refractivity contribution is 5.26. The zero-order valence-electron chi connectivity index (χ0n) is 9.52. The summed E-state index contributed by atoms with van der Waals surface area (Å²) in [6, 6.07) is 0.489. The van der Waals surface area contributed by atoms with Gasteiger partial charge in [0.15, 0.2) is 0 Å². The molecular formula is C10H18N4O2. The predicted octanol–water partition coefficient (Wildman–Crippen LogP) is -0.0780. The van der Waals surface area contributed by atoms with Crippen molar-refractivity contribution in [2.24, 2.45) is 5.73 Å². The first kappa shape index (κ1) is 11.3. The Bertz CT molecular complexity index is 350. The van der Waals surface area contributed by atoms with Gasteiger partial charge < -0.3 is 20.2 Å². The summed E-state index contributed by atoms with van der Waals surface area (Å²) >= 11 is 0. The van der Waals surface area contributed by atoms with E-state index in [1.165, 1.54) is 0 Å². The molecule has 1 saturated heterocycles. The zero-order valence-corrected chi connectivity index (χ0v) is 9.52. The van der Waals surface area contributed by atoms with Crippen LogP contribution in [0.3, 0.4) is 0 Å². The molecule has 1 fully saturated rings. The summed E-state index contributed by atoms with van der Waals surface area (Å²) in [4.78, 5) is 1.93. The van der Waals surface area contributed by atoms with Gasteiger partial charge in [-0.1, -0.05) is 5.10 Å². The number of β-amino-alcohol motifs (C(OH)–C–C–N with tert-alkyl or cyclic N) is 1. The SMILES string of the molecule is CC1(O)CCCN(c2nnc(CCN)o2)C1. The molecule has 0 aliphatic carbocycles. The summed E-state index contributed by atoms with van der Waals surface area (Å²) in [5.74, 6) is 0.558. The number of nitrogens with two attached hydrogens (primary N) is 1. The third kappa shape index (κ3) is 2.51. The van der Waals surface area contributed by atoms with E-state index in [9.17, 15) is 5.11 Å². The van der Waals surface area contributed by atoms with E-state index in [0.29, 0.717) is 31.4 Å². The second-order valence-corrected chi connectivity index (χ2v) is 4.54. The maximum absolute atomic E-state index is 9.96. The fraction of sp³-hybridized carbons (Fsp3) is 0.800.